The van der Waals surface area contributed by atoms with Crippen LogP contribution < -0.4 is 5.32 Å². The lowest BCUT2D eigenvalue weighted by molar-refractivity contribution is -0.143. The van der Waals surface area contributed by atoms with E-state index in [-0.39, 0.29) is 48.4 Å². The summed E-state index contributed by atoms with van der Waals surface area (Å²) in [6, 6.07) is 1.62. The van der Waals surface area contributed by atoms with Gasteiger partial charge in [-0.2, -0.15) is 26.3 Å². The summed E-state index contributed by atoms with van der Waals surface area (Å²) in [6.45, 7) is 2.63. The standard InChI is InChI=1S/C17H20F6N2.2ClH/c18-16(19,20)13-8-12(9-14(10-13)17(21,22)23)15(11-2-1-3-11)25-6-4-24-5-7-25;;/h8-11,15,24H,1-7H2;2*1H/t15-;;/m1../s1. The lowest BCUT2D eigenvalue weighted by Gasteiger charge is -2.43. The third-order valence-electron chi connectivity index (χ3n) is 5.09. The molecule has 0 unspecified atom stereocenters. The second-order valence-corrected chi connectivity index (χ2v) is 6.76. The van der Waals surface area contributed by atoms with Crippen molar-refractivity contribution in [2.24, 2.45) is 5.92 Å². The highest BCUT2D eigenvalue weighted by molar-refractivity contribution is 5.85. The molecular formula is C17H22Cl2F6N2. The molecule has 1 N–H and O–H groups in total. The van der Waals surface area contributed by atoms with E-state index in [0.717, 1.165) is 31.4 Å². The van der Waals surface area contributed by atoms with Crippen LogP contribution in [0.3, 0.4) is 0 Å². The van der Waals surface area contributed by atoms with Crippen molar-refractivity contribution in [3.8, 4) is 0 Å². The number of piperazine rings is 1. The van der Waals surface area contributed by atoms with Gasteiger partial charge in [0.2, 0.25) is 0 Å². The zero-order valence-electron chi connectivity index (χ0n) is 14.4. The van der Waals surface area contributed by atoms with Gasteiger partial charge < -0.3 is 5.32 Å². The van der Waals surface area contributed by atoms with Crippen molar-refractivity contribution in [3.05, 3.63) is 34.9 Å². The Hall–Kier alpha value is -0.700. The maximum Gasteiger partial charge on any atom is 0.416 e. The molecule has 1 heterocycles. The number of alkyl halides is 6. The molecule has 1 aromatic carbocycles. The minimum Gasteiger partial charge on any atom is -0.314 e. The van der Waals surface area contributed by atoms with Gasteiger partial charge in [-0.25, -0.2) is 0 Å². The lowest BCUT2D eigenvalue weighted by Crippen LogP contribution is -2.48. The fourth-order valence-electron chi connectivity index (χ4n) is 3.65. The van der Waals surface area contributed by atoms with Crippen LogP contribution in [0.4, 0.5) is 26.3 Å². The fourth-order valence-corrected chi connectivity index (χ4v) is 3.65. The molecule has 2 fully saturated rings. The third kappa shape index (κ3) is 5.65. The minimum absolute atomic E-state index is 0. The number of hydrogen-bond donors (Lipinski definition) is 1. The molecule has 0 aromatic heterocycles. The second kappa shape index (κ2) is 9.20. The predicted octanol–water partition coefficient (Wildman–Crippen LogP) is 5.31. The predicted molar refractivity (Wildman–Crippen MR) is 95.5 cm³/mol. The molecule has 0 bridgehead atoms. The largest absolute Gasteiger partial charge is 0.416 e. The van der Waals surface area contributed by atoms with Crippen molar-refractivity contribution in [2.75, 3.05) is 26.2 Å². The maximum absolute atomic E-state index is 13.1. The van der Waals surface area contributed by atoms with E-state index in [4.69, 9.17) is 0 Å². The molecule has 1 aliphatic heterocycles. The van der Waals surface area contributed by atoms with Crippen molar-refractivity contribution in [2.45, 2.75) is 37.7 Å². The van der Waals surface area contributed by atoms with Gasteiger partial charge in [0.1, 0.15) is 0 Å². The highest BCUT2D eigenvalue weighted by atomic mass is 35.5. The van der Waals surface area contributed by atoms with Gasteiger partial charge in [-0.1, -0.05) is 6.42 Å². The van der Waals surface area contributed by atoms with Crippen molar-refractivity contribution in [1.29, 1.82) is 0 Å². The Labute approximate surface area is 166 Å². The molecule has 1 saturated carbocycles. The van der Waals surface area contributed by atoms with E-state index in [0.29, 0.717) is 26.2 Å². The van der Waals surface area contributed by atoms with Crippen LogP contribution in [-0.4, -0.2) is 31.1 Å². The van der Waals surface area contributed by atoms with Gasteiger partial charge in [0.15, 0.2) is 0 Å². The normalized spacial score (nSPS) is 20.2. The summed E-state index contributed by atoms with van der Waals surface area (Å²) in [7, 11) is 0. The molecule has 2 aliphatic rings. The van der Waals surface area contributed by atoms with Crippen LogP contribution in [-0.2, 0) is 12.4 Å². The van der Waals surface area contributed by atoms with Gasteiger partial charge in [-0.05, 0) is 42.5 Å². The molecule has 3 rings (SSSR count). The second-order valence-electron chi connectivity index (χ2n) is 6.76. The molecule has 156 valence electrons. The molecule has 0 radical (unpaired) electrons. The van der Waals surface area contributed by atoms with E-state index in [1.165, 1.54) is 0 Å². The lowest BCUT2D eigenvalue weighted by atomic mass is 9.75. The van der Waals surface area contributed by atoms with E-state index in [9.17, 15) is 26.3 Å². The molecule has 10 heteroatoms. The summed E-state index contributed by atoms with van der Waals surface area (Å²) in [5.41, 5.74) is -2.32. The SMILES string of the molecule is Cl.Cl.FC(F)(F)c1cc([C@@H](C2CCC2)N2CCNCC2)cc(C(F)(F)F)c1. The third-order valence-corrected chi connectivity index (χ3v) is 5.09. The number of nitrogens with one attached hydrogen (secondary N) is 1. The molecule has 27 heavy (non-hydrogen) atoms. The summed E-state index contributed by atoms with van der Waals surface area (Å²) in [4.78, 5) is 2.02. The molecule has 1 atom stereocenters. The van der Waals surface area contributed by atoms with Crippen LogP contribution in [0.15, 0.2) is 18.2 Å². The minimum atomic E-state index is -4.80. The van der Waals surface area contributed by atoms with Gasteiger partial charge in [0.05, 0.1) is 11.1 Å². The highest BCUT2D eigenvalue weighted by Gasteiger charge is 2.40. The summed E-state index contributed by atoms with van der Waals surface area (Å²) in [6.07, 6.45) is -6.95. The van der Waals surface area contributed by atoms with Crippen LogP contribution in [0, 0.1) is 5.92 Å². The summed E-state index contributed by atoms with van der Waals surface area (Å²) >= 11 is 0. The molecule has 2 nitrogen and oxygen atoms in total. The molecule has 1 saturated heterocycles. The average Bonchev–Trinajstić information content (AvgIpc) is 2.49. The van der Waals surface area contributed by atoms with Crippen molar-refractivity contribution < 1.29 is 26.3 Å². The van der Waals surface area contributed by atoms with Crippen LogP contribution in [0.25, 0.3) is 0 Å². The number of halogens is 8. The number of hydrogen-bond acceptors (Lipinski definition) is 2. The molecule has 0 spiro atoms. The molecule has 1 aliphatic carbocycles. The van der Waals surface area contributed by atoms with Crippen molar-refractivity contribution in [1.82, 2.24) is 10.2 Å². The fraction of sp³-hybridized carbons (Fsp3) is 0.647. The van der Waals surface area contributed by atoms with Gasteiger partial charge in [0, 0.05) is 32.2 Å². The van der Waals surface area contributed by atoms with E-state index in [1.54, 1.807) is 0 Å². The average molecular weight is 439 g/mol. The Morgan fingerprint density at radius 2 is 1.33 bits per heavy atom. The van der Waals surface area contributed by atoms with Crippen LogP contribution in [0.2, 0.25) is 0 Å². The summed E-state index contributed by atoms with van der Waals surface area (Å²) in [5.74, 6) is 0.114. The van der Waals surface area contributed by atoms with Gasteiger partial charge in [-0.15, -0.1) is 24.8 Å². The number of nitrogens with zero attached hydrogens (tertiary/aromatic N) is 1. The molecular weight excluding hydrogens is 417 g/mol. The first-order valence-electron chi connectivity index (χ1n) is 8.40. The zero-order chi connectivity index (χ0) is 18.2. The monoisotopic (exact) mass is 438 g/mol. The Bertz CT molecular complexity index is 578. The van der Waals surface area contributed by atoms with E-state index in [1.807, 2.05) is 4.90 Å². The molecule has 1 aromatic rings. The first-order valence-corrected chi connectivity index (χ1v) is 8.40. The summed E-state index contributed by atoms with van der Waals surface area (Å²) in [5, 5.41) is 3.17. The Morgan fingerprint density at radius 3 is 1.70 bits per heavy atom. The van der Waals surface area contributed by atoms with Crippen LogP contribution >= 0.6 is 24.8 Å². The first kappa shape index (κ1) is 24.3. The topological polar surface area (TPSA) is 15.3 Å². The number of benzene rings is 1. The van der Waals surface area contributed by atoms with Crippen LogP contribution in [0.1, 0.15) is 42.0 Å². The Morgan fingerprint density at radius 1 is 0.852 bits per heavy atom. The maximum atomic E-state index is 13.1. The Balaban J connectivity index is 0.00000182. The van der Waals surface area contributed by atoms with Crippen molar-refractivity contribution >= 4 is 24.8 Å². The van der Waals surface area contributed by atoms with Crippen LogP contribution in [0.5, 0.6) is 0 Å². The first-order chi connectivity index (χ1) is 11.7. The summed E-state index contributed by atoms with van der Waals surface area (Å²) < 4.78 is 78.9. The van der Waals surface area contributed by atoms with E-state index < -0.39 is 23.5 Å². The van der Waals surface area contributed by atoms with E-state index >= 15 is 0 Å². The number of rotatable bonds is 3. The van der Waals surface area contributed by atoms with Gasteiger partial charge in [-0.3, -0.25) is 4.90 Å². The molecule has 0 amide bonds. The quantitative estimate of drug-likeness (QED) is 0.642. The zero-order valence-corrected chi connectivity index (χ0v) is 16.0. The Kier molecular flexibility index (Phi) is 8.29. The van der Waals surface area contributed by atoms with Crippen molar-refractivity contribution in [3.63, 3.8) is 0 Å². The van der Waals surface area contributed by atoms with Gasteiger partial charge >= 0.3 is 12.4 Å². The highest BCUT2D eigenvalue weighted by Crippen LogP contribution is 2.44. The van der Waals surface area contributed by atoms with E-state index in [2.05, 4.69) is 5.32 Å². The smallest absolute Gasteiger partial charge is 0.314 e. The van der Waals surface area contributed by atoms with Gasteiger partial charge in [0.25, 0.3) is 0 Å².